The Hall–Kier alpha value is -2.34. The number of benzene rings is 1. The molecule has 5 nitrogen and oxygen atoms in total. The molecule has 0 saturated heterocycles. The van der Waals surface area contributed by atoms with Crippen molar-refractivity contribution >= 4 is 28.9 Å². The number of carboxylic acid groups (broad SMARTS) is 1. The zero-order valence-corrected chi connectivity index (χ0v) is 22.7. The van der Waals surface area contributed by atoms with Crippen molar-refractivity contribution in [1.82, 2.24) is 4.90 Å². The Morgan fingerprint density at radius 1 is 1.03 bits per heavy atom. The summed E-state index contributed by atoms with van der Waals surface area (Å²) in [6.45, 7) is 2.50. The first kappa shape index (κ1) is 26.7. The number of nitrogens with one attached hydrogen (secondary N) is 1. The number of aryl methyl sites for hydroxylation is 1. The van der Waals surface area contributed by atoms with Crippen LogP contribution in [0.15, 0.2) is 30.3 Å². The SMILES string of the molecule is CCc1sc(C2CCCCC2)cc1C(Nc1ccc(C(=O)N(C)CCC(=O)O)cc1)C1CCCCC1. The van der Waals surface area contributed by atoms with Gasteiger partial charge >= 0.3 is 5.97 Å². The number of thiophene rings is 1. The number of hydrogen-bond acceptors (Lipinski definition) is 4. The van der Waals surface area contributed by atoms with E-state index >= 15 is 0 Å². The third kappa shape index (κ3) is 6.70. The molecule has 36 heavy (non-hydrogen) atoms. The molecular weight excluding hydrogens is 468 g/mol. The number of carbonyl (C=O) groups is 2. The molecule has 1 heterocycles. The van der Waals surface area contributed by atoms with Gasteiger partial charge in [-0.25, -0.2) is 0 Å². The fourth-order valence-corrected chi connectivity index (χ4v) is 7.30. The van der Waals surface area contributed by atoms with Gasteiger partial charge in [-0.15, -0.1) is 11.3 Å². The molecule has 1 aromatic carbocycles. The fourth-order valence-electron chi connectivity index (χ4n) is 5.98. The summed E-state index contributed by atoms with van der Waals surface area (Å²) in [5, 5.41) is 12.8. The van der Waals surface area contributed by atoms with Gasteiger partial charge in [0.05, 0.1) is 12.5 Å². The quantitative estimate of drug-likeness (QED) is 0.345. The molecule has 0 bridgehead atoms. The van der Waals surface area contributed by atoms with Crippen LogP contribution in [0.1, 0.15) is 115 Å². The van der Waals surface area contributed by atoms with Crippen LogP contribution < -0.4 is 5.32 Å². The van der Waals surface area contributed by atoms with E-state index < -0.39 is 5.97 Å². The van der Waals surface area contributed by atoms with Crippen LogP contribution in [-0.4, -0.2) is 35.5 Å². The molecular formula is C30H42N2O3S. The highest BCUT2D eigenvalue weighted by atomic mass is 32.1. The Morgan fingerprint density at radius 2 is 1.67 bits per heavy atom. The number of rotatable bonds is 10. The molecule has 0 radical (unpaired) electrons. The first-order chi connectivity index (χ1) is 17.5. The molecule has 4 rings (SSSR count). The Kier molecular flexibility index (Phi) is 9.47. The zero-order chi connectivity index (χ0) is 25.5. The van der Waals surface area contributed by atoms with Gasteiger partial charge in [0.2, 0.25) is 0 Å². The molecule has 2 fully saturated rings. The molecule has 2 N–H and O–H groups in total. The zero-order valence-electron chi connectivity index (χ0n) is 21.9. The Balaban J connectivity index is 1.54. The lowest BCUT2D eigenvalue weighted by molar-refractivity contribution is -0.137. The molecule has 1 unspecified atom stereocenters. The van der Waals surface area contributed by atoms with Crippen LogP contribution in [0.4, 0.5) is 5.69 Å². The molecule has 2 saturated carbocycles. The molecule has 1 amide bonds. The second kappa shape index (κ2) is 12.8. The van der Waals surface area contributed by atoms with Crippen LogP contribution in [0.5, 0.6) is 0 Å². The number of nitrogens with zero attached hydrogens (tertiary/aromatic N) is 1. The lowest BCUT2D eigenvalue weighted by atomic mass is 9.80. The minimum absolute atomic E-state index is 0.0474. The van der Waals surface area contributed by atoms with E-state index in [4.69, 9.17) is 5.11 Å². The summed E-state index contributed by atoms with van der Waals surface area (Å²) >= 11 is 2.05. The lowest BCUT2D eigenvalue weighted by Gasteiger charge is -2.32. The van der Waals surface area contributed by atoms with E-state index in [1.807, 2.05) is 24.3 Å². The molecule has 196 valence electrons. The van der Waals surface area contributed by atoms with Gasteiger partial charge in [0.25, 0.3) is 5.91 Å². The van der Waals surface area contributed by atoms with Gasteiger partial charge in [-0.2, -0.15) is 0 Å². The third-order valence-corrected chi connectivity index (χ3v) is 9.57. The van der Waals surface area contributed by atoms with Crippen molar-refractivity contribution in [2.45, 2.75) is 95.9 Å². The summed E-state index contributed by atoms with van der Waals surface area (Å²) < 4.78 is 0. The van der Waals surface area contributed by atoms with E-state index in [0.29, 0.717) is 17.5 Å². The number of anilines is 1. The second-order valence-corrected chi connectivity index (χ2v) is 11.9. The van der Waals surface area contributed by atoms with Gasteiger partial charge in [-0.3, -0.25) is 9.59 Å². The smallest absolute Gasteiger partial charge is 0.305 e. The summed E-state index contributed by atoms with van der Waals surface area (Å²) in [6.07, 6.45) is 14.3. The van der Waals surface area contributed by atoms with Gasteiger partial charge in [0.15, 0.2) is 0 Å². The minimum Gasteiger partial charge on any atom is -0.481 e. The Labute approximate surface area is 220 Å². The molecule has 2 aliphatic carbocycles. The van der Waals surface area contributed by atoms with Crippen molar-refractivity contribution in [3.8, 4) is 0 Å². The molecule has 1 aromatic heterocycles. The van der Waals surface area contributed by atoms with Gasteiger partial charge < -0.3 is 15.3 Å². The van der Waals surface area contributed by atoms with Crippen molar-refractivity contribution in [3.05, 3.63) is 51.2 Å². The van der Waals surface area contributed by atoms with E-state index in [1.54, 1.807) is 11.9 Å². The highest BCUT2D eigenvalue weighted by Gasteiger charge is 2.29. The molecule has 6 heteroatoms. The van der Waals surface area contributed by atoms with E-state index in [0.717, 1.165) is 18.0 Å². The fraction of sp³-hybridized carbons (Fsp3) is 0.600. The first-order valence-electron chi connectivity index (χ1n) is 13.9. The molecule has 0 aliphatic heterocycles. The van der Waals surface area contributed by atoms with Crippen molar-refractivity contribution in [2.24, 2.45) is 5.92 Å². The van der Waals surface area contributed by atoms with Crippen molar-refractivity contribution < 1.29 is 14.7 Å². The predicted molar refractivity (Wildman–Crippen MR) is 148 cm³/mol. The number of carboxylic acids is 1. The minimum atomic E-state index is -0.894. The maximum atomic E-state index is 12.7. The largest absolute Gasteiger partial charge is 0.481 e. The normalized spacial score (nSPS) is 18.1. The van der Waals surface area contributed by atoms with Gasteiger partial charge in [0, 0.05) is 34.6 Å². The number of aliphatic carboxylic acids is 1. The van der Waals surface area contributed by atoms with E-state index in [9.17, 15) is 9.59 Å². The average molecular weight is 511 g/mol. The van der Waals surface area contributed by atoms with Crippen LogP contribution in [0.2, 0.25) is 0 Å². The van der Waals surface area contributed by atoms with Crippen LogP contribution in [0.3, 0.4) is 0 Å². The van der Waals surface area contributed by atoms with E-state index in [-0.39, 0.29) is 18.9 Å². The van der Waals surface area contributed by atoms with Crippen LogP contribution in [0.25, 0.3) is 0 Å². The molecule has 2 aliphatic rings. The van der Waals surface area contributed by atoms with E-state index in [2.05, 4.69) is 29.6 Å². The second-order valence-electron chi connectivity index (χ2n) is 10.7. The van der Waals surface area contributed by atoms with Crippen LogP contribution in [-0.2, 0) is 11.2 Å². The average Bonchev–Trinajstić information content (AvgIpc) is 3.35. The molecule has 2 aromatic rings. The molecule has 0 spiro atoms. The maximum absolute atomic E-state index is 12.7. The van der Waals surface area contributed by atoms with Gasteiger partial charge in [0.1, 0.15) is 0 Å². The topological polar surface area (TPSA) is 69.6 Å². The highest BCUT2D eigenvalue weighted by molar-refractivity contribution is 7.12. The van der Waals surface area contributed by atoms with Crippen molar-refractivity contribution in [3.63, 3.8) is 0 Å². The van der Waals surface area contributed by atoms with Gasteiger partial charge in [-0.1, -0.05) is 45.4 Å². The Morgan fingerprint density at radius 3 is 2.28 bits per heavy atom. The number of amides is 1. The predicted octanol–water partition coefficient (Wildman–Crippen LogP) is 7.64. The third-order valence-electron chi connectivity index (χ3n) is 8.11. The summed E-state index contributed by atoms with van der Waals surface area (Å²) in [5.41, 5.74) is 3.14. The maximum Gasteiger partial charge on any atom is 0.305 e. The monoisotopic (exact) mass is 510 g/mol. The van der Waals surface area contributed by atoms with Crippen LogP contribution >= 0.6 is 11.3 Å². The number of hydrogen-bond donors (Lipinski definition) is 2. The summed E-state index contributed by atoms with van der Waals surface area (Å²) in [7, 11) is 1.66. The summed E-state index contributed by atoms with van der Waals surface area (Å²) in [4.78, 5) is 28.2. The standard InChI is InChI=1S/C30H42N2O3S/c1-3-26-25(20-27(36-26)21-10-6-4-7-11-21)29(22-12-8-5-9-13-22)31-24-16-14-23(15-17-24)30(35)32(2)19-18-28(33)34/h14-17,20-22,29,31H,3-13,18-19H2,1-2H3,(H,33,34). The lowest BCUT2D eigenvalue weighted by Crippen LogP contribution is -2.29. The summed E-state index contributed by atoms with van der Waals surface area (Å²) in [5.74, 6) is 0.323. The van der Waals surface area contributed by atoms with Gasteiger partial charge in [-0.05, 0) is 79.8 Å². The highest BCUT2D eigenvalue weighted by Crippen LogP contribution is 2.44. The molecule has 1 atom stereocenters. The van der Waals surface area contributed by atoms with Crippen molar-refractivity contribution in [1.29, 1.82) is 0 Å². The Bertz CT molecular complexity index is 1000. The van der Waals surface area contributed by atoms with Crippen molar-refractivity contribution in [2.75, 3.05) is 18.9 Å². The van der Waals surface area contributed by atoms with E-state index in [1.165, 1.54) is 79.5 Å². The first-order valence-corrected chi connectivity index (χ1v) is 14.7. The van der Waals surface area contributed by atoms with Crippen LogP contribution in [0, 0.1) is 5.92 Å². The summed E-state index contributed by atoms with van der Waals surface area (Å²) in [6, 6.07) is 10.6. The number of carbonyl (C=O) groups excluding carboxylic acids is 1.